The molecule has 0 aromatic heterocycles. The van der Waals surface area contributed by atoms with Crippen LogP contribution in [0.25, 0.3) is 0 Å². The second kappa shape index (κ2) is 6.39. The number of hydrogen-bond donors (Lipinski definition) is 1. The molecule has 5 heteroatoms. The lowest BCUT2D eigenvalue weighted by Crippen LogP contribution is -2.43. The molecule has 0 spiro atoms. The Hall–Kier alpha value is -1.07. The standard InChI is InChI=1S/C14H18FNO2S/c1-2-18-10-4-3-7-16(9-10)14(17)12-8-11(19)5-6-13(12)15/h5-6,8,10,19H,2-4,7,9H2,1H3. The number of nitrogens with zero attached hydrogens (tertiary/aromatic N) is 1. The van der Waals surface area contributed by atoms with Gasteiger partial charge >= 0.3 is 0 Å². The lowest BCUT2D eigenvalue weighted by Gasteiger charge is -2.32. The van der Waals surface area contributed by atoms with Crippen molar-refractivity contribution in [2.45, 2.75) is 30.8 Å². The molecule has 1 aromatic carbocycles. The van der Waals surface area contributed by atoms with Gasteiger partial charge in [0.15, 0.2) is 0 Å². The number of carbonyl (C=O) groups excluding carboxylic acids is 1. The third kappa shape index (κ3) is 3.48. The largest absolute Gasteiger partial charge is 0.377 e. The van der Waals surface area contributed by atoms with Crippen molar-refractivity contribution >= 4 is 18.5 Å². The molecule has 2 rings (SSSR count). The highest BCUT2D eigenvalue weighted by atomic mass is 32.1. The fraction of sp³-hybridized carbons (Fsp3) is 0.500. The Bertz CT molecular complexity index is 465. The van der Waals surface area contributed by atoms with Gasteiger partial charge in [-0.25, -0.2) is 4.39 Å². The number of benzene rings is 1. The Morgan fingerprint density at radius 1 is 1.58 bits per heavy atom. The summed E-state index contributed by atoms with van der Waals surface area (Å²) in [7, 11) is 0. The van der Waals surface area contributed by atoms with E-state index in [-0.39, 0.29) is 17.6 Å². The van der Waals surface area contributed by atoms with Gasteiger partial charge in [-0.2, -0.15) is 0 Å². The topological polar surface area (TPSA) is 29.5 Å². The van der Waals surface area contributed by atoms with Crippen LogP contribution in [0.1, 0.15) is 30.1 Å². The Morgan fingerprint density at radius 2 is 2.37 bits per heavy atom. The van der Waals surface area contributed by atoms with E-state index in [4.69, 9.17) is 4.74 Å². The number of hydrogen-bond acceptors (Lipinski definition) is 3. The highest BCUT2D eigenvalue weighted by Crippen LogP contribution is 2.19. The highest BCUT2D eigenvalue weighted by molar-refractivity contribution is 7.80. The minimum Gasteiger partial charge on any atom is -0.377 e. The molecule has 1 unspecified atom stereocenters. The average Bonchev–Trinajstić information content (AvgIpc) is 2.41. The fourth-order valence-corrected chi connectivity index (χ4v) is 2.55. The van der Waals surface area contributed by atoms with E-state index < -0.39 is 5.82 Å². The minimum atomic E-state index is -0.499. The summed E-state index contributed by atoms with van der Waals surface area (Å²) in [5, 5.41) is 0. The molecule has 0 saturated carbocycles. The molecular weight excluding hydrogens is 265 g/mol. The number of piperidine rings is 1. The van der Waals surface area contributed by atoms with Crippen molar-refractivity contribution in [3.05, 3.63) is 29.6 Å². The normalized spacial score (nSPS) is 19.5. The molecule has 1 heterocycles. The number of carbonyl (C=O) groups is 1. The zero-order chi connectivity index (χ0) is 13.8. The van der Waals surface area contributed by atoms with E-state index >= 15 is 0 Å². The Balaban J connectivity index is 2.12. The first kappa shape index (κ1) is 14.3. The zero-order valence-corrected chi connectivity index (χ0v) is 11.8. The monoisotopic (exact) mass is 283 g/mol. The number of likely N-dealkylation sites (tertiary alicyclic amines) is 1. The van der Waals surface area contributed by atoms with Crippen molar-refractivity contribution in [2.75, 3.05) is 19.7 Å². The molecule has 1 fully saturated rings. The van der Waals surface area contributed by atoms with Crippen LogP contribution >= 0.6 is 12.6 Å². The number of thiol groups is 1. The molecule has 0 radical (unpaired) electrons. The molecule has 1 aromatic rings. The summed E-state index contributed by atoms with van der Waals surface area (Å²) < 4.78 is 19.3. The van der Waals surface area contributed by atoms with Crippen molar-refractivity contribution in [1.29, 1.82) is 0 Å². The Morgan fingerprint density at radius 3 is 3.11 bits per heavy atom. The number of amides is 1. The molecule has 0 aliphatic carbocycles. The SMILES string of the molecule is CCOC1CCCN(C(=O)c2cc(S)ccc2F)C1. The van der Waals surface area contributed by atoms with Crippen LogP contribution in [0.4, 0.5) is 4.39 Å². The maximum absolute atomic E-state index is 13.7. The van der Waals surface area contributed by atoms with E-state index in [1.807, 2.05) is 6.92 Å². The fourth-order valence-electron chi connectivity index (χ4n) is 2.34. The predicted octanol–water partition coefficient (Wildman–Crippen LogP) is 2.76. The summed E-state index contributed by atoms with van der Waals surface area (Å²) in [5.74, 6) is -0.779. The molecular formula is C14H18FNO2S. The van der Waals surface area contributed by atoms with E-state index in [1.165, 1.54) is 18.2 Å². The van der Waals surface area contributed by atoms with Gasteiger partial charge in [0.05, 0.1) is 11.7 Å². The van der Waals surface area contributed by atoms with Crippen molar-refractivity contribution in [2.24, 2.45) is 0 Å². The van der Waals surface area contributed by atoms with Gasteiger partial charge in [0.2, 0.25) is 0 Å². The Kier molecular flexibility index (Phi) is 4.82. The number of halogens is 1. The molecule has 3 nitrogen and oxygen atoms in total. The van der Waals surface area contributed by atoms with Gasteiger partial charge in [0.1, 0.15) is 5.82 Å². The van der Waals surface area contributed by atoms with Crippen molar-refractivity contribution in [3.63, 3.8) is 0 Å². The van der Waals surface area contributed by atoms with Gasteiger partial charge in [-0.3, -0.25) is 4.79 Å². The molecule has 1 amide bonds. The lowest BCUT2D eigenvalue weighted by atomic mass is 10.1. The second-order valence-corrected chi connectivity index (χ2v) is 5.15. The van der Waals surface area contributed by atoms with Crippen molar-refractivity contribution in [3.8, 4) is 0 Å². The first-order chi connectivity index (χ1) is 9.11. The summed E-state index contributed by atoms with van der Waals surface area (Å²) in [6.45, 7) is 3.75. The van der Waals surface area contributed by atoms with Gasteiger partial charge < -0.3 is 9.64 Å². The maximum Gasteiger partial charge on any atom is 0.256 e. The first-order valence-corrected chi connectivity index (χ1v) is 6.96. The van der Waals surface area contributed by atoms with Crippen LogP contribution in [0.15, 0.2) is 23.1 Å². The van der Waals surface area contributed by atoms with Crippen LogP contribution in [-0.2, 0) is 4.74 Å². The molecule has 1 atom stereocenters. The molecule has 1 saturated heterocycles. The highest BCUT2D eigenvalue weighted by Gasteiger charge is 2.26. The van der Waals surface area contributed by atoms with E-state index in [1.54, 1.807) is 4.90 Å². The van der Waals surface area contributed by atoms with Gasteiger partial charge in [0, 0.05) is 24.6 Å². The van der Waals surface area contributed by atoms with E-state index in [0.717, 1.165) is 12.8 Å². The third-order valence-electron chi connectivity index (χ3n) is 3.25. The minimum absolute atomic E-state index is 0.0601. The van der Waals surface area contributed by atoms with Crippen LogP contribution in [0.5, 0.6) is 0 Å². The van der Waals surface area contributed by atoms with E-state index in [2.05, 4.69) is 12.6 Å². The number of ether oxygens (including phenoxy) is 1. The summed E-state index contributed by atoms with van der Waals surface area (Å²) in [5.41, 5.74) is 0.0876. The lowest BCUT2D eigenvalue weighted by molar-refractivity contribution is 0.00706. The van der Waals surface area contributed by atoms with Crippen LogP contribution in [0.3, 0.4) is 0 Å². The van der Waals surface area contributed by atoms with Crippen molar-refractivity contribution in [1.82, 2.24) is 4.90 Å². The quantitative estimate of drug-likeness (QED) is 0.864. The maximum atomic E-state index is 13.7. The number of rotatable bonds is 3. The van der Waals surface area contributed by atoms with Crippen LogP contribution < -0.4 is 0 Å². The van der Waals surface area contributed by atoms with E-state index in [0.29, 0.717) is 24.6 Å². The van der Waals surface area contributed by atoms with Crippen LogP contribution in [0, 0.1) is 5.82 Å². The molecule has 19 heavy (non-hydrogen) atoms. The summed E-state index contributed by atoms with van der Waals surface area (Å²) in [6, 6.07) is 4.29. The predicted molar refractivity (Wildman–Crippen MR) is 74.2 cm³/mol. The molecule has 1 aliphatic rings. The van der Waals surface area contributed by atoms with Crippen molar-refractivity contribution < 1.29 is 13.9 Å². The smallest absolute Gasteiger partial charge is 0.256 e. The zero-order valence-electron chi connectivity index (χ0n) is 10.9. The third-order valence-corrected chi connectivity index (χ3v) is 3.53. The first-order valence-electron chi connectivity index (χ1n) is 6.51. The van der Waals surface area contributed by atoms with Gasteiger partial charge in [-0.15, -0.1) is 12.6 Å². The average molecular weight is 283 g/mol. The molecule has 0 bridgehead atoms. The Labute approximate surface area is 118 Å². The van der Waals surface area contributed by atoms with Gasteiger partial charge in [-0.05, 0) is 38.0 Å². The van der Waals surface area contributed by atoms with Gasteiger partial charge in [0.25, 0.3) is 5.91 Å². The van der Waals surface area contributed by atoms with Crippen LogP contribution in [0.2, 0.25) is 0 Å². The van der Waals surface area contributed by atoms with Gasteiger partial charge in [-0.1, -0.05) is 0 Å². The summed E-state index contributed by atoms with van der Waals surface area (Å²) in [6.07, 6.45) is 1.90. The molecule has 104 valence electrons. The summed E-state index contributed by atoms with van der Waals surface area (Å²) >= 11 is 4.15. The summed E-state index contributed by atoms with van der Waals surface area (Å²) in [4.78, 5) is 14.6. The van der Waals surface area contributed by atoms with Crippen LogP contribution in [-0.4, -0.2) is 36.6 Å². The van der Waals surface area contributed by atoms with E-state index in [9.17, 15) is 9.18 Å². The molecule has 0 N–H and O–H groups in total. The second-order valence-electron chi connectivity index (χ2n) is 4.63. The molecule has 1 aliphatic heterocycles.